The van der Waals surface area contributed by atoms with Crippen molar-refractivity contribution in [3.05, 3.63) is 22.4 Å². The SMILES string of the molecule is CNC(CCC(F)(F)F)c1cccs1. The smallest absolute Gasteiger partial charge is 0.312 e. The van der Waals surface area contributed by atoms with Gasteiger partial charge < -0.3 is 5.32 Å². The van der Waals surface area contributed by atoms with Gasteiger partial charge >= 0.3 is 6.18 Å². The molecule has 80 valence electrons. The van der Waals surface area contributed by atoms with Gasteiger partial charge in [0.1, 0.15) is 0 Å². The summed E-state index contributed by atoms with van der Waals surface area (Å²) in [5, 5.41) is 4.76. The van der Waals surface area contributed by atoms with Crippen molar-refractivity contribution in [2.75, 3.05) is 7.05 Å². The molecule has 1 heterocycles. The van der Waals surface area contributed by atoms with Crippen molar-refractivity contribution < 1.29 is 13.2 Å². The molecule has 1 N–H and O–H groups in total. The minimum atomic E-state index is -4.06. The molecule has 0 saturated carbocycles. The maximum absolute atomic E-state index is 12.0. The number of nitrogens with one attached hydrogen (secondary N) is 1. The van der Waals surface area contributed by atoms with Gasteiger partial charge in [0.05, 0.1) is 0 Å². The van der Waals surface area contributed by atoms with Gasteiger partial charge in [-0.05, 0) is 24.9 Å². The zero-order valence-electron chi connectivity index (χ0n) is 7.77. The highest BCUT2D eigenvalue weighted by atomic mass is 32.1. The normalized spacial score (nSPS) is 14.3. The lowest BCUT2D eigenvalue weighted by Crippen LogP contribution is -2.18. The molecule has 0 saturated heterocycles. The maximum Gasteiger partial charge on any atom is 0.389 e. The van der Waals surface area contributed by atoms with Gasteiger partial charge in [-0.1, -0.05) is 6.07 Å². The molecule has 1 unspecified atom stereocenters. The molecule has 1 nitrogen and oxygen atoms in total. The number of halogens is 3. The van der Waals surface area contributed by atoms with Crippen molar-refractivity contribution in [2.45, 2.75) is 25.1 Å². The van der Waals surface area contributed by atoms with Crippen LogP contribution in [0, 0.1) is 0 Å². The fourth-order valence-electron chi connectivity index (χ4n) is 1.23. The molecular weight excluding hydrogens is 211 g/mol. The Kier molecular flexibility index (Phi) is 3.95. The highest BCUT2D eigenvalue weighted by molar-refractivity contribution is 7.10. The number of hydrogen-bond acceptors (Lipinski definition) is 2. The van der Waals surface area contributed by atoms with Crippen molar-refractivity contribution in [1.82, 2.24) is 5.32 Å². The minimum Gasteiger partial charge on any atom is -0.312 e. The summed E-state index contributed by atoms with van der Waals surface area (Å²) in [4.78, 5) is 0.955. The lowest BCUT2D eigenvalue weighted by Gasteiger charge is -2.15. The molecule has 0 bridgehead atoms. The summed E-state index contributed by atoms with van der Waals surface area (Å²) in [5.74, 6) is 0. The number of alkyl halides is 3. The quantitative estimate of drug-likeness (QED) is 0.825. The summed E-state index contributed by atoms with van der Waals surface area (Å²) in [6.07, 6.45) is -4.71. The first-order chi connectivity index (χ1) is 6.53. The van der Waals surface area contributed by atoms with E-state index in [0.717, 1.165) is 4.88 Å². The van der Waals surface area contributed by atoms with E-state index < -0.39 is 12.6 Å². The lowest BCUT2D eigenvalue weighted by molar-refractivity contribution is -0.136. The second-order valence-electron chi connectivity index (χ2n) is 3.01. The molecular formula is C9H12F3NS. The van der Waals surface area contributed by atoms with Crippen molar-refractivity contribution >= 4 is 11.3 Å². The van der Waals surface area contributed by atoms with Crippen LogP contribution in [0.1, 0.15) is 23.8 Å². The fourth-order valence-corrected chi connectivity index (χ4v) is 2.10. The van der Waals surface area contributed by atoms with Crippen LogP contribution in [-0.4, -0.2) is 13.2 Å². The summed E-state index contributed by atoms with van der Waals surface area (Å²) < 4.78 is 35.9. The zero-order chi connectivity index (χ0) is 10.6. The van der Waals surface area contributed by atoms with E-state index in [1.165, 1.54) is 11.3 Å². The first-order valence-electron chi connectivity index (χ1n) is 4.30. The van der Waals surface area contributed by atoms with E-state index in [4.69, 9.17) is 0 Å². The Morgan fingerprint density at radius 3 is 2.64 bits per heavy atom. The molecule has 0 aliphatic rings. The topological polar surface area (TPSA) is 12.0 Å². The summed E-state index contributed by atoms with van der Waals surface area (Å²) in [7, 11) is 1.68. The summed E-state index contributed by atoms with van der Waals surface area (Å²) in [6, 6.07) is 3.51. The Labute approximate surface area is 84.9 Å². The zero-order valence-corrected chi connectivity index (χ0v) is 8.58. The van der Waals surface area contributed by atoms with Crippen LogP contribution in [0.5, 0.6) is 0 Å². The van der Waals surface area contributed by atoms with Gasteiger partial charge in [0.15, 0.2) is 0 Å². The van der Waals surface area contributed by atoms with Crippen LogP contribution in [-0.2, 0) is 0 Å². The molecule has 0 amide bonds. The van der Waals surface area contributed by atoms with Crippen LogP contribution >= 0.6 is 11.3 Å². The monoisotopic (exact) mass is 223 g/mol. The highest BCUT2D eigenvalue weighted by Crippen LogP contribution is 2.29. The third-order valence-corrected chi connectivity index (χ3v) is 2.94. The summed E-state index contributed by atoms with van der Waals surface area (Å²) >= 11 is 1.48. The average Bonchev–Trinajstić information content (AvgIpc) is 2.56. The molecule has 14 heavy (non-hydrogen) atoms. The average molecular weight is 223 g/mol. The van der Waals surface area contributed by atoms with E-state index in [9.17, 15) is 13.2 Å². The molecule has 0 spiro atoms. The van der Waals surface area contributed by atoms with Gasteiger partial charge in [0, 0.05) is 17.3 Å². The molecule has 0 aliphatic heterocycles. The van der Waals surface area contributed by atoms with Crippen molar-refractivity contribution in [1.29, 1.82) is 0 Å². The van der Waals surface area contributed by atoms with Crippen LogP contribution in [0.4, 0.5) is 13.2 Å². The molecule has 0 radical (unpaired) electrons. The van der Waals surface area contributed by atoms with Crippen molar-refractivity contribution in [3.63, 3.8) is 0 Å². The number of thiophene rings is 1. The molecule has 1 atom stereocenters. The standard InChI is InChI=1S/C9H12F3NS/c1-13-7(4-5-9(10,11)12)8-3-2-6-14-8/h2-3,6-7,13H,4-5H2,1H3. The predicted octanol–water partition coefficient (Wildman–Crippen LogP) is 3.35. The van der Waals surface area contributed by atoms with Crippen LogP contribution < -0.4 is 5.32 Å². The van der Waals surface area contributed by atoms with E-state index in [-0.39, 0.29) is 12.5 Å². The van der Waals surface area contributed by atoms with E-state index in [0.29, 0.717) is 0 Å². The van der Waals surface area contributed by atoms with Gasteiger partial charge in [-0.3, -0.25) is 0 Å². The largest absolute Gasteiger partial charge is 0.389 e. The Morgan fingerprint density at radius 2 is 2.21 bits per heavy atom. The molecule has 0 aliphatic carbocycles. The van der Waals surface area contributed by atoms with Crippen LogP contribution in [0.3, 0.4) is 0 Å². The number of hydrogen-bond donors (Lipinski definition) is 1. The van der Waals surface area contributed by atoms with E-state index in [1.807, 2.05) is 17.5 Å². The molecule has 1 rings (SSSR count). The molecule has 1 aromatic heterocycles. The third kappa shape index (κ3) is 3.67. The molecule has 0 fully saturated rings. The lowest BCUT2D eigenvalue weighted by atomic mass is 10.1. The Morgan fingerprint density at radius 1 is 1.50 bits per heavy atom. The van der Waals surface area contributed by atoms with Crippen molar-refractivity contribution in [2.24, 2.45) is 0 Å². The Balaban J connectivity index is 2.49. The van der Waals surface area contributed by atoms with Crippen LogP contribution in [0.2, 0.25) is 0 Å². The number of rotatable bonds is 4. The van der Waals surface area contributed by atoms with Crippen molar-refractivity contribution in [3.8, 4) is 0 Å². The first-order valence-corrected chi connectivity index (χ1v) is 5.18. The van der Waals surface area contributed by atoms with Gasteiger partial charge in [0.2, 0.25) is 0 Å². The van der Waals surface area contributed by atoms with Crippen LogP contribution in [0.25, 0.3) is 0 Å². The summed E-state index contributed by atoms with van der Waals surface area (Å²) in [5.41, 5.74) is 0. The molecule has 5 heteroatoms. The second-order valence-corrected chi connectivity index (χ2v) is 3.99. The Bertz CT molecular complexity index is 256. The maximum atomic E-state index is 12.0. The van der Waals surface area contributed by atoms with Gasteiger partial charge in [-0.15, -0.1) is 11.3 Å². The third-order valence-electron chi connectivity index (χ3n) is 1.95. The Hall–Kier alpha value is -0.550. The summed E-state index contributed by atoms with van der Waals surface area (Å²) in [6.45, 7) is 0. The fraction of sp³-hybridized carbons (Fsp3) is 0.556. The van der Waals surface area contributed by atoms with Gasteiger partial charge in [-0.25, -0.2) is 0 Å². The van der Waals surface area contributed by atoms with Gasteiger partial charge in [0.25, 0.3) is 0 Å². The molecule has 0 aromatic carbocycles. The van der Waals surface area contributed by atoms with E-state index in [2.05, 4.69) is 5.32 Å². The van der Waals surface area contributed by atoms with Gasteiger partial charge in [-0.2, -0.15) is 13.2 Å². The minimum absolute atomic E-state index is 0.0977. The van der Waals surface area contributed by atoms with E-state index >= 15 is 0 Å². The predicted molar refractivity (Wildman–Crippen MR) is 51.4 cm³/mol. The highest BCUT2D eigenvalue weighted by Gasteiger charge is 2.28. The van der Waals surface area contributed by atoms with E-state index in [1.54, 1.807) is 7.05 Å². The van der Waals surface area contributed by atoms with Crippen LogP contribution in [0.15, 0.2) is 17.5 Å². The molecule has 1 aromatic rings. The second kappa shape index (κ2) is 4.79. The first kappa shape index (κ1) is 11.5.